The average Bonchev–Trinajstić information content (AvgIpc) is 2.48. The molecule has 3 nitrogen and oxygen atoms in total. The largest absolute Gasteiger partial charge is 0.313 e. The van der Waals surface area contributed by atoms with Crippen LogP contribution in [-0.2, 0) is 9.84 Å². The van der Waals surface area contributed by atoms with Crippen molar-refractivity contribution in [2.45, 2.75) is 64.2 Å². The van der Waals surface area contributed by atoms with Gasteiger partial charge in [0.1, 0.15) is 0 Å². The fourth-order valence-corrected chi connectivity index (χ4v) is 5.58. The molecule has 0 radical (unpaired) electrons. The summed E-state index contributed by atoms with van der Waals surface area (Å²) in [6.45, 7) is 7.65. The summed E-state index contributed by atoms with van der Waals surface area (Å²) in [5, 5.41) is 3.32. The molecule has 0 aromatic heterocycles. The minimum Gasteiger partial charge on any atom is -0.313 e. The van der Waals surface area contributed by atoms with E-state index in [9.17, 15) is 8.42 Å². The summed E-state index contributed by atoms with van der Waals surface area (Å²) in [6.07, 6.45) is 4.96. The lowest BCUT2D eigenvalue weighted by Crippen LogP contribution is -2.48. The van der Waals surface area contributed by atoms with Crippen molar-refractivity contribution >= 4 is 9.84 Å². The summed E-state index contributed by atoms with van der Waals surface area (Å²) >= 11 is 0. The van der Waals surface area contributed by atoms with Crippen LogP contribution in [0, 0.1) is 11.3 Å². The highest BCUT2D eigenvalue weighted by Crippen LogP contribution is 2.42. The number of sulfone groups is 1. The van der Waals surface area contributed by atoms with E-state index < -0.39 is 9.84 Å². The smallest absolute Gasteiger partial charge is 0.154 e. The predicted octanol–water partition coefficient (Wildman–Crippen LogP) is 2.37. The van der Waals surface area contributed by atoms with Gasteiger partial charge in [0.25, 0.3) is 0 Å². The van der Waals surface area contributed by atoms with E-state index in [1.165, 1.54) is 6.42 Å². The van der Waals surface area contributed by atoms with Gasteiger partial charge in [0, 0.05) is 6.04 Å². The Bertz CT molecular complexity index is 389. The normalized spacial score (nSPS) is 36.7. The standard InChI is InChI=1S/C14H27NO2S/c1-4-14(2,3)11-6-7-12-13(10-11)18(16,17)9-5-8-15-12/h11-13,15H,4-10H2,1-3H3. The Labute approximate surface area is 112 Å². The SMILES string of the molecule is CCC(C)(C)C1CCC2NCCCS(=O)(=O)C2C1. The van der Waals surface area contributed by atoms with Crippen LogP contribution in [0.4, 0.5) is 0 Å². The first-order valence-electron chi connectivity index (χ1n) is 7.32. The molecule has 1 heterocycles. The van der Waals surface area contributed by atoms with Crippen molar-refractivity contribution in [3.63, 3.8) is 0 Å². The molecule has 1 saturated carbocycles. The summed E-state index contributed by atoms with van der Waals surface area (Å²) in [4.78, 5) is 0. The van der Waals surface area contributed by atoms with Crippen molar-refractivity contribution in [3.8, 4) is 0 Å². The number of nitrogens with one attached hydrogen (secondary N) is 1. The molecule has 0 aromatic carbocycles. The lowest BCUT2D eigenvalue weighted by molar-refractivity contribution is 0.140. The lowest BCUT2D eigenvalue weighted by atomic mass is 9.68. The van der Waals surface area contributed by atoms with E-state index in [2.05, 4.69) is 26.1 Å². The first kappa shape index (κ1) is 14.3. The Kier molecular flexibility index (Phi) is 4.07. The van der Waals surface area contributed by atoms with E-state index >= 15 is 0 Å². The van der Waals surface area contributed by atoms with E-state index in [1.54, 1.807) is 0 Å². The summed E-state index contributed by atoms with van der Waals surface area (Å²) in [6, 6.07) is 0.210. The summed E-state index contributed by atoms with van der Waals surface area (Å²) < 4.78 is 24.7. The summed E-state index contributed by atoms with van der Waals surface area (Å²) in [5.74, 6) is 0.930. The summed E-state index contributed by atoms with van der Waals surface area (Å²) in [7, 11) is -2.88. The Morgan fingerprint density at radius 1 is 1.28 bits per heavy atom. The number of hydrogen-bond donors (Lipinski definition) is 1. The second-order valence-corrected chi connectivity index (χ2v) is 9.01. The molecule has 0 bridgehead atoms. The zero-order valence-corrected chi connectivity index (χ0v) is 12.7. The lowest BCUT2D eigenvalue weighted by Gasteiger charge is -2.42. The van der Waals surface area contributed by atoms with Gasteiger partial charge < -0.3 is 5.32 Å². The van der Waals surface area contributed by atoms with E-state index in [0.717, 1.165) is 32.2 Å². The second kappa shape index (κ2) is 5.12. The first-order chi connectivity index (χ1) is 8.37. The Balaban J connectivity index is 2.19. The highest BCUT2D eigenvalue weighted by atomic mass is 32.2. The van der Waals surface area contributed by atoms with Crippen molar-refractivity contribution < 1.29 is 8.42 Å². The maximum atomic E-state index is 12.4. The van der Waals surface area contributed by atoms with Gasteiger partial charge in [0.05, 0.1) is 11.0 Å². The van der Waals surface area contributed by atoms with Gasteiger partial charge in [-0.3, -0.25) is 0 Å². The molecule has 1 aliphatic heterocycles. The molecular weight excluding hydrogens is 246 g/mol. The van der Waals surface area contributed by atoms with Gasteiger partial charge in [-0.15, -0.1) is 0 Å². The van der Waals surface area contributed by atoms with Gasteiger partial charge in [-0.05, 0) is 43.6 Å². The van der Waals surface area contributed by atoms with Crippen LogP contribution in [0.2, 0.25) is 0 Å². The van der Waals surface area contributed by atoms with Crippen molar-refractivity contribution in [1.82, 2.24) is 5.32 Å². The van der Waals surface area contributed by atoms with Crippen LogP contribution >= 0.6 is 0 Å². The monoisotopic (exact) mass is 273 g/mol. The van der Waals surface area contributed by atoms with Crippen LogP contribution in [-0.4, -0.2) is 32.0 Å². The molecule has 106 valence electrons. The molecule has 1 aliphatic carbocycles. The Hall–Kier alpha value is -0.0900. The Morgan fingerprint density at radius 2 is 2.00 bits per heavy atom. The molecule has 1 N–H and O–H groups in total. The van der Waals surface area contributed by atoms with Crippen molar-refractivity contribution in [2.75, 3.05) is 12.3 Å². The third-order valence-corrected chi connectivity index (χ3v) is 7.58. The van der Waals surface area contributed by atoms with Crippen LogP contribution in [0.25, 0.3) is 0 Å². The van der Waals surface area contributed by atoms with Crippen molar-refractivity contribution in [2.24, 2.45) is 11.3 Å². The molecule has 0 amide bonds. The van der Waals surface area contributed by atoms with E-state index in [4.69, 9.17) is 0 Å². The highest BCUT2D eigenvalue weighted by molar-refractivity contribution is 7.92. The van der Waals surface area contributed by atoms with Crippen molar-refractivity contribution in [1.29, 1.82) is 0 Å². The maximum Gasteiger partial charge on any atom is 0.154 e. The quantitative estimate of drug-likeness (QED) is 0.840. The third-order valence-electron chi connectivity index (χ3n) is 5.28. The molecule has 3 unspecified atom stereocenters. The molecule has 0 spiro atoms. The zero-order chi connectivity index (χ0) is 13.4. The van der Waals surface area contributed by atoms with Crippen LogP contribution in [0.5, 0.6) is 0 Å². The summed E-state index contributed by atoms with van der Waals surface area (Å²) in [5.41, 5.74) is 0.271. The van der Waals surface area contributed by atoms with Gasteiger partial charge in [-0.2, -0.15) is 0 Å². The van der Waals surface area contributed by atoms with Gasteiger partial charge in [-0.25, -0.2) is 8.42 Å². The second-order valence-electron chi connectivity index (χ2n) is 6.67. The van der Waals surface area contributed by atoms with Gasteiger partial charge in [0.15, 0.2) is 9.84 Å². The third kappa shape index (κ3) is 2.74. The van der Waals surface area contributed by atoms with E-state index in [-0.39, 0.29) is 16.7 Å². The fourth-order valence-electron chi connectivity index (χ4n) is 3.47. The molecule has 0 aromatic rings. The topological polar surface area (TPSA) is 46.2 Å². The molecule has 1 saturated heterocycles. The maximum absolute atomic E-state index is 12.4. The highest BCUT2D eigenvalue weighted by Gasteiger charge is 2.43. The van der Waals surface area contributed by atoms with Gasteiger partial charge in [-0.1, -0.05) is 27.2 Å². The van der Waals surface area contributed by atoms with Crippen molar-refractivity contribution in [3.05, 3.63) is 0 Å². The van der Waals surface area contributed by atoms with Crippen LogP contribution < -0.4 is 5.32 Å². The number of fused-ring (bicyclic) bond motifs is 1. The zero-order valence-electron chi connectivity index (χ0n) is 11.9. The van der Waals surface area contributed by atoms with E-state index in [1.807, 2.05) is 0 Å². The molecular formula is C14H27NO2S. The molecule has 3 atom stereocenters. The molecule has 2 rings (SSSR count). The number of rotatable bonds is 2. The molecule has 2 aliphatic rings. The Morgan fingerprint density at radius 3 is 2.67 bits per heavy atom. The van der Waals surface area contributed by atoms with Gasteiger partial charge in [0.2, 0.25) is 0 Å². The molecule has 4 heteroatoms. The predicted molar refractivity (Wildman–Crippen MR) is 75.4 cm³/mol. The minimum absolute atomic E-state index is 0.135. The molecule has 2 fully saturated rings. The average molecular weight is 273 g/mol. The van der Waals surface area contributed by atoms with Crippen LogP contribution in [0.3, 0.4) is 0 Å². The van der Waals surface area contributed by atoms with Gasteiger partial charge >= 0.3 is 0 Å². The first-order valence-corrected chi connectivity index (χ1v) is 9.03. The van der Waals surface area contributed by atoms with Crippen LogP contribution in [0.15, 0.2) is 0 Å². The molecule has 18 heavy (non-hydrogen) atoms. The minimum atomic E-state index is -2.88. The van der Waals surface area contributed by atoms with E-state index in [0.29, 0.717) is 11.7 Å². The fraction of sp³-hybridized carbons (Fsp3) is 1.00. The number of hydrogen-bond acceptors (Lipinski definition) is 3. The van der Waals surface area contributed by atoms with Crippen LogP contribution in [0.1, 0.15) is 52.9 Å².